The average molecular weight is 503 g/mol. The maximum absolute atomic E-state index is 6.18. The normalized spacial score (nSPS) is 15.2. The van der Waals surface area contributed by atoms with Crippen molar-refractivity contribution in [2.45, 2.75) is 12.7 Å². The summed E-state index contributed by atoms with van der Waals surface area (Å²) >= 11 is 2.23. The van der Waals surface area contributed by atoms with Crippen molar-refractivity contribution in [2.24, 2.45) is 0 Å². The van der Waals surface area contributed by atoms with Crippen molar-refractivity contribution in [3.05, 3.63) is 106 Å². The highest BCUT2D eigenvalue weighted by atomic mass is 127. The molecular weight excluding hydrogens is 485 g/mol. The van der Waals surface area contributed by atoms with E-state index < -0.39 is 0 Å². The molecule has 5 heteroatoms. The van der Waals surface area contributed by atoms with Gasteiger partial charge in [-0.2, -0.15) is 0 Å². The summed E-state index contributed by atoms with van der Waals surface area (Å²) in [6.07, 6.45) is -0.119. The summed E-state index contributed by atoms with van der Waals surface area (Å²) in [5.74, 6) is 1.89. The van der Waals surface area contributed by atoms with E-state index in [0.29, 0.717) is 0 Å². The van der Waals surface area contributed by atoms with Crippen molar-refractivity contribution in [2.75, 3.05) is 4.90 Å². The molecule has 0 unspecified atom stereocenters. The molecule has 146 valence electrons. The summed E-state index contributed by atoms with van der Waals surface area (Å²) in [5, 5.41) is 0. The second kappa shape index (κ2) is 7.02. The van der Waals surface area contributed by atoms with Crippen molar-refractivity contribution in [1.82, 2.24) is 9.55 Å². The van der Waals surface area contributed by atoms with Gasteiger partial charge in [0, 0.05) is 17.8 Å². The Morgan fingerprint density at radius 2 is 1.60 bits per heavy atom. The fourth-order valence-electron chi connectivity index (χ4n) is 4.37. The number of aromatic nitrogens is 2. The van der Waals surface area contributed by atoms with Crippen LogP contribution >= 0.6 is 22.6 Å². The zero-order chi connectivity index (χ0) is 20.1. The smallest absolute Gasteiger partial charge is 0.167 e. The molecule has 6 rings (SSSR count). The van der Waals surface area contributed by atoms with E-state index in [9.17, 15) is 0 Å². The SMILES string of the molecule is Ic1ccc([C@@H]2N(Cc3ccccc3)c3ccccc3-c3nc4ccccc4n32)o1. The fraction of sp³-hybridized carbons (Fsp3) is 0.0800. The number of halogens is 1. The van der Waals surface area contributed by atoms with Crippen LogP contribution in [0.5, 0.6) is 0 Å². The summed E-state index contributed by atoms with van der Waals surface area (Å²) in [4.78, 5) is 7.43. The van der Waals surface area contributed by atoms with E-state index in [0.717, 1.165) is 38.5 Å². The number of fused-ring (bicyclic) bond motifs is 5. The van der Waals surface area contributed by atoms with Crippen LogP contribution in [0.2, 0.25) is 0 Å². The van der Waals surface area contributed by atoms with Gasteiger partial charge in [0.1, 0.15) is 11.6 Å². The molecule has 1 atom stereocenters. The van der Waals surface area contributed by atoms with Gasteiger partial charge in [0.25, 0.3) is 0 Å². The minimum Gasteiger partial charge on any atom is -0.451 e. The van der Waals surface area contributed by atoms with E-state index >= 15 is 0 Å². The zero-order valence-electron chi connectivity index (χ0n) is 16.1. The van der Waals surface area contributed by atoms with E-state index in [1.54, 1.807) is 0 Å². The molecule has 0 bridgehead atoms. The number of benzene rings is 3. The van der Waals surface area contributed by atoms with Crippen LogP contribution in [0.25, 0.3) is 22.4 Å². The predicted octanol–water partition coefficient (Wildman–Crippen LogP) is 6.47. The molecule has 0 saturated heterocycles. The van der Waals surface area contributed by atoms with Gasteiger partial charge in [-0.15, -0.1) is 0 Å². The molecule has 2 aromatic heterocycles. The minimum atomic E-state index is -0.119. The Bertz CT molecular complexity index is 1360. The number of para-hydroxylation sites is 3. The van der Waals surface area contributed by atoms with Crippen molar-refractivity contribution < 1.29 is 4.42 Å². The highest BCUT2D eigenvalue weighted by molar-refractivity contribution is 14.1. The molecule has 0 radical (unpaired) electrons. The van der Waals surface area contributed by atoms with E-state index in [4.69, 9.17) is 9.40 Å². The first-order valence-electron chi connectivity index (χ1n) is 9.92. The number of furan rings is 1. The van der Waals surface area contributed by atoms with Crippen LogP contribution in [-0.2, 0) is 6.54 Å². The van der Waals surface area contributed by atoms with Gasteiger partial charge >= 0.3 is 0 Å². The molecule has 1 aliphatic heterocycles. The summed E-state index contributed by atoms with van der Waals surface area (Å²) in [5.41, 5.74) is 5.67. The molecule has 0 aliphatic carbocycles. The van der Waals surface area contributed by atoms with Gasteiger partial charge < -0.3 is 9.32 Å². The van der Waals surface area contributed by atoms with E-state index in [-0.39, 0.29) is 6.17 Å². The maximum atomic E-state index is 6.18. The van der Waals surface area contributed by atoms with Crippen molar-refractivity contribution in [1.29, 1.82) is 0 Å². The lowest BCUT2D eigenvalue weighted by Crippen LogP contribution is -2.36. The van der Waals surface area contributed by atoms with Gasteiger partial charge in [0.2, 0.25) is 0 Å². The van der Waals surface area contributed by atoms with Gasteiger partial charge in [0.05, 0.1) is 11.0 Å². The third kappa shape index (κ3) is 2.76. The van der Waals surface area contributed by atoms with Gasteiger partial charge in [-0.1, -0.05) is 54.6 Å². The summed E-state index contributed by atoms with van der Waals surface area (Å²) < 4.78 is 9.37. The van der Waals surface area contributed by atoms with Crippen molar-refractivity contribution in [3.63, 3.8) is 0 Å². The molecule has 1 aliphatic rings. The van der Waals surface area contributed by atoms with Crippen LogP contribution in [0.3, 0.4) is 0 Å². The molecular formula is C25H18IN3O. The van der Waals surface area contributed by atoms with Crippen molar-refractivity contribution in [3.8, 4) is 11.4 Å². The molecule has 0 N–H and O–H groups in total. The largest absolute Gasteiger partial charge is 0.451 e. The second-order valence-corrected chi connectivity index (χ2v) is 8.50. The zero-order valence-corrected chi connectivity index (χ0v) is 18.2. The number of rotatable bonds is 3. The van der Waals surface area contributed by atoms with Crippen LogP contribution in [0.4, 0.5) is 5.69 Å². The predicted molar refractivity (Wildman–Crippen MR) is 127 cm³/mol. The topological polar surface area (TPSA) is 34.2 Å². The maximum Gasteiger partial charge on any atom is 0.167 e. The van der Waals surface area contributed by atoms with Crippen molar-refractivity contribution >= 4 is 39.3 Å². The number of anilines is 1. The Kier molecular flexibility index (Phi) is 4.16. The van der Waals surface area contributed by atoms with Crippen LogP contribution < -0.4 is 4.90 Å². The Balaban J connectivity index is 1.65. The number of hydrogen-bond donors (Lipinski definition) is 0. The standard InChI is InChI=1S/C25H18IN3O/c26-23-15-14-22(30-23)25-28(16-17-8-2-1-3-9-17)20-12-6-4-10-18(20)24-27-19-11-5-7-13-21(19)29(24)25/h1-15,25H,16H2/t25-/m1/s1. The lowest BCUT2D eigenvalue weighted by molar-refractivity contribution is 0.402. The quantitative estimate of drug-likeness (QED) is 0.265. The first kappa shape index (κ1) is 17.8. The molecule has 0 spiro atoms. The Morgan fingerprint density at radius 3 is 2.43 bits per heavy atom. The highest BCUT2D eigenvalue weighted by Crippen LogP contribution is 2.45. The number of imidazole rings is 1. The molecule has 0 fully saturated rings. The summed E-state index contributed by atoms with van der Waals surface area (Å²) in [7, 11) is 0. The Hall–Kier alpha value is -3.06. The third-order valence-corrected chi connectivity index (χ3v) is 6.21. The lowest BCUT2D eigenvalue weighted by atomic mass is 10.0. The molecule has 0 amide bonds. The first-order chi connectivity index (χ1) is 14.8. The Labute approximate surface area is 187 Å². The molecule has 3 heterocycles. The average Bonchev–Trinajstić information content (AvgIpc) is 3.39. The highest BCUT2D eigenvalue weighted by Gasteiger charge is 2.36. The van der Waals surface area contributed by atoms with Crippen LogP contribution in [0, 0.1) is 3.77 Å². The number of nitrogens with zero attached hydrogens (tertiary/aromatic N) is 3. The molecule has 3 aromatic carbocycles. The second-order valence-electron chi connectivity index (χ2n) is 7.44. The van der Waals surface area contributed by atoms with Gasteiger partial charge in [0.15, 0.2) is 9.93 Å². The van der Waals surface area contributed by atoms with Crippen LogP contribution in [0.15, 0.2) is 95.4 Å². The summed E-state index contributed by atoms with van der Waals surface area (Å²) in [6.45, 7) is 0.770. The number of hydrogen-bond acceptors (Lipinski definition) is 3. The minimum absolute atomic E-state index is 0.119. The molecule has 4 nitrogen and oxygen atoms in total. The monoisotopic (exact) mass is 503 g/mol. The van der Waals surface area contributed by atoms with Gasteiger partial charge in [-0.05, 0) is 64.6 Å². The summed E-state index contributed by atoms with van der Waals surface area (Å²) in [6, 6.07) is 31.5. The van der Waals surface area contributed by atoms with E-state index in [1.807, 2.05) is 12.1 Å². The Morgan fingerprint density at radius 1 is 0.833 bits per heavy atom. The molecule has 30 heavy (non-hydrogen) atoms. The van der Waals surface area contributed by atoms with Crippen LogP contribution in [0.1, 0.15) is 17.5 Å². The molecule has 0 saturated carbocycles. The van der Waals surface area contributed by atoms with Crippen LogP contribution in [-0.4, -0.2) is 9.55 Å². The lowest BCUT2D eigenvalue weighted by Gasteiger charge is -2.39. The fourth-order valence-corrected chi connectivity index (χ4v) is 4.80. The first-order valence-corrected chi connectivity index (χ1v) is 11.0. The van der Waals surface area contributed by atoms with E-state index in [2.05, 4.69) is 111 Å². The third-order valence-electron chi connectivity index (χ3n) is 5.63. The van der Waals surface area contributed by atoms with E-state index in [1.165, 1.54) is 11.3 Å². The van der Waals surface area contributed by atoms with Gasteiger partial charge in [-0.25, -0.2) is 4.98 Å². The van der Waals surface area contributed by atoms with Gasteiger partial charge in [-0.3, -0.25) is 4.57 Å². The molecule has 5 aromatic rings.